The molecule has 2 aromatic rings. The average Bonchev–Trinajstić information content (AvgIpc) is 2.73. The van der Waals surface area contributed by atoms with Crippen molar-refractivity contribution in [2.45, 2.75) is 46.0 Å². The van der Waals surface area contributed by atoms with Gasteiger partial charge in [0, 0.05) is 18.1 Å². The number of primary amides is 1. The summed E-state index contributed by atoms with van der Waals surface area (Å²) < 4.78 is 21.7. The summed E-state index contributed by atoms with van der Waals surface area (Å²) >= 11 is 0. The van der Waals surface area contributed by atoms with Crippen molar-refractivity contribution in [3.63, 3.8) is 0 Å². The molecule has 0 bridgehead atoms. The lowest BCUT2D eigenvalue weighted by Crippen LogP contribution is -2.82. The molecule has 0 fully saturated rings. The lowest BCUT2D eigenvalue weighted by atomic mass is 10.0. The van der Waals surface area contributed by atoms with E-state index in [1.54, 1.807) is 63.4 Å². The highest BCUT2D eigenvalue weighted by atomic mass is 16.5. The number of carboxylic acid groups (broad SMARTS) is 1. The van der Waals surface area contributed by atoms with E-state index in [4.69, 9.17) is 18.9 Å². The van der Waals surface area contributed by atoms with Crippen LogP contribution in [0.2, 0.25) is 0 Å². The third-order valence-corrected chi connectivity index (χ3v) is 4.31. The summed E-state index contributed by atoms with van der Waals surface area (Å²) in [5.41, 5.74) is 2.07. The maximum absolute atomic E-state index is 12.3. The van der Waals surface area contributed by atoms with Crippen LogP contribution in [0.5, 0.6) is 11.5 Å². The molecule has 0 aromatic heterocycles. The van der Waals surface area contributed by atoms with Crippen molar-refractivity contribution >= 4 is 17.7 Å². The summed E-state index contributed by atoms with van der Waals surface area (Å²) in [6.07, 6.45) is -1.49. The molecule has 3 N–H and O–H groups in total. The molecule has 0 aliphatic carbocycles. The van der Waals surface area contributed by atoms with Crippen LogP contribution >= 0.6 is 0 Å². The van der Waals surface area contributed by atoms with Gasteiger partial charge in [-0.25, -0.2) is 10.1 Å². The van der Waals surface area contributed by atoms with E-state index in [9.17, 15) is 14.7 Å². The molecule has 0 aliphatic rings. The maximum atomic E-state index is 12.3. The number of carbonyl (C=O) groups is 2. The van der Waals surface area contributed by atoms with Gasteiger partial charge in [-0.05, 0) is 50.6 Å². The summed E-state index contributed by atoms with van der Waals surface area (Å²) in [5.74, 6) is 0.199. The Bertz CT molecular complexity index is 882. The highest BCUT2D eigenvalue weighted by molar-refractivity contribution is 5.72. The number of amides is 1. The van der Waals surface area contributed by atoms with E-state index in [0.29, 0.717) is 29.4 Å². The van der Waals surface area contributed by atoms with Crippen LogP contribution in [0.15, 0.2) is 42.5 Å². The van der Waals surface area contributed by atoms with Crippen molar-refractivity contribution < 1.29 is 39.0 Å². The van der Waals surface area contributed by atoms with Gasteiger partial charge in [-0.2, -0.15) is 4.79 Å². The molecule has 0 radical (unpaired) electrons. The van der Waals surface area contributed by atoms with Crippen LogP contribution in [0.25, 0.3) is 0 Å². The van der Waals surface area contributed by atoms with Gasteiger partial charge >= 0.3 is 12.1 Å². The number of rotatable bonds is 11. The van der Waals surface area contributed by atoms with E-state index in [1.807, 2.05) is 6.92 Å². The zero-order valence-corrected chi connectivity index (χ0v) is 18.3. The Morgan fingerprint density at radius 3 is 2.55 bits per heavy atom. The highest BCUT2D eigenvalue weighted by Crippen LogP contribution is 2.23. The van der Waals surface area contributed by atoms with E-state index in [2.05, 4.69) is 0 Å². The normalized spacial score (nSPS) is 11.8. The van der Waals surface area contributed by atoms with Crippen LogP contribution in [0, 0.1) is 0 Å². The van der Waals surface area contributed by atoms with E-state index in [-0.39, 0.29) is 19.1 Å². The zero-order valence-electron chi connectivity index (χ0n) is 18.3. The number of aliphatic carboxylic acids is 1. The van der Waals surface area contributed by atoms with Crippen LogP contribution in [0.3, 0.4) is 0 Å². The lowest BCUT2D eigenvalue weighted by molar-refractivity contribution is -0.483. The number of quaternary nitrogens is 1. The van der Waals surface area contributed by atoms with Gasteiger partial charge in [-0.1, -0.05) is 12.1 Å². The minimum atomic E-state index is -1.02. The maximum Gasteiger partial charge on any atom is 0.518 e. The Labute approximate surface area is 182 Å². The molecule has 0 saturated carbocycles. The lowest BCUT2D eigenvalue weighted by Gasteiger charge is -2.18. The smallest absolute Gasteiger partial charge is 0.497 e. The van der Waals surface area contributed by atoms with Gasteiger partial charge in [0.1, 0.15) is 23.8 Å². The van der Waals surface area contributed by atoms with Crippen molar-refractivity contribution in [1.29, 1.82) is 0 Å². The second kappa shape index (κ2) is 11.9. The van der Waals surface area contributed by atoms with Gasteiger partial charge in [0.25, 0.3) is 0 Å². The molecule has 1 atom stereocenters. The molecule has 8 heteroatoms. The highest BCUT2D eigenvalue weighted by Gasteiger charge is 2.21. The Kier molecular flexibility index (Phi) is 9.30. The molecule has 0 heterocycles. The first kappa shape index (κ1) is 24.2. The fourth-order valence-corrected chi connectivity index (χ4v) is 2.96. The summed E-state index contributed by atoms with van der Waals surface area (Å²) in [6.45, 7) is 5.88. The number of methoxy groups -OCH3 is 1. The molecule has 0 aliphatic heterocycles. The molecular weight excluding hydrogens is 402 g/mol. The van der Waals surface area contributed by atoms with Crippen molar-refractivity contribution in [2.24, 2.45) is 0 Å². The standard InChI is InChI=1S/C23H29NO7/c1-5-29-20-10-9-16(12-21(22(25)26)31-15(2)3)11-17(20)14-30-23(27)24-18-7-6-8-19(13-18)28-4/h6-11,13,15,21H,5,12,14H2,1-4H3,(H,24,27)(H,25,26)/p+1. The number of carbonyl (C=O) groups excluding carboxylic acids is 1. The minimum absolute atomic E-state index is 0.00868. The second-order valence-electron chi connectivity index (χ2n) is 7.12. The molecule has 0 saturated heterocycles. The molecule has 31 heavy (non-hydrogen) atoms. The first-order valence-corrected chi connectivity index (χ1v) is 10.1. The van der Waals surface area contributed by atoms with Gasteiger partial charge < -0.3 is 24.1 Å². The van der Waals surface area contributed by atoms with Crippen molar-refractivity contribution in [2.75, 3.05) is 13.7 Å². The van der Waals surface area contributed by atoms with Crippen molar-refractivity contribution in [3.8, 4) is 11.5 Å². The Hall–Kier alpha value is -3.10. The second-order valence-corrected chi connectivity index (χ2v) is 7.12. The quantitative estimate of drug-likeness (QED) is 0.526. The van der Waals surface area contributed by atoms with Gasteiger partial charge in [-0.3, -0.25) is 0 Å². The first-order chi connectivity index (χ1) is 14.8. The predicted molar refractivity (Wildman–Crippen MR) is 114 cm³/mol. The van der Waals surface area contributed by atoms with E-state index >= 15 is 0 Å². The summed E-state index contributed by atoms with van der Waals surface area (Å²) in [4.78, 5) is 23.8. The van der Waals surface area contributed by atoms with Crippen LogP contribution < -0.4 is 14.8 Å². The number of hydrogen-bond acceptors (Lipinski definition) is 6. The summed E-state index contributed by atoms with van der Waals surface area (Å²) in [6, 6.07) is 12.4. The molecule has 2 aromatic carbocycles. The van der Waals surface area contributed by atoms with E-state index in [1.165, 1.54) is 5.32 Å². The predicted octanol–water partition coefficient (Wildman–Crippen LogP) is 3.05. The fraction of sp³-hybridized carbons (Fsp3) is 0.391. The molecule has 1 amide bonds. The molecule has 8 nitrogen and oxygen atoms in total. The molecule has 168 valence electrons. The Morgan fingerprint density at radius 2 is 1.90 bits per heavy atom. The average molecular weight is 432 g/mol. The fourth-order valence-electron chi connectivity index (χ4n) is 2.96. The Balaban J connectivity index is 2.09. The van der Waals surface area contributed by atoms with Gasteiger partial charge in [0.2, 0.25) is 0 Å². The number of benzene rings is 2. The Morgan fingerprint density at radius 1 is 1.13 bits per heavy atom. The molecule has 2 rings (SSSR count). The topological polar surface area (TPSA) is 108 Å². The van der Waals surface area contributed by atoms with Crippen LogP contribution in [-0.4, -0.2) is 43.1 Å². The molecule has 0 spiro atoms. The van der Waals surface area contributed by atoms with E-state index < -0.39 is 18.2 Å². The van der Waals surface area contributed by atoms with Crippen LogP contribution in [0.1, 0.15) is 31.9 Å². The van der Waals surface area contributed by atoms with Gasteiger partial charge in [-0.15, -0.1) is 0 Å². The van der Waals surface area contributed by atoms with Crippen molar-refractivity contribution in [3.05, 3.63) is 53.6 Å². The molecule has 1 unspecified atom stereocenters. The minimum Gasteiger partial charge on any atom is -0.497 e. The number of hydrogen-bond donors (Lipinski definition) is 2. The molecular formula is C23H30NO7+. The SMILES string of the molecule is CCOc1ccc(CC(OC(C)C)C(=O)O)cc1COC(=O)[NH2+]c1cccc(OC)c1. The van der Waals surface area contributed by atoms with Gasteiger partial charge in [0.05, 0.1) is 19.8 Å². The zero-order chi connectivity index (χ0) is 22.8. The monoisotopic (exact) mass is 432 g/mol. The van der Waals surface area contributed by atoms with Gasteiger partial charge in [0.15, 0.2) is 6.10 Å². The third kappa shape index (κ3) is 7.92. The first-order valence-electron chi connectivity index (χ1n) is 10.1. The van der Waals surface area contributed by atoms with E-state index in [0.717, 1.165) is 5.56 Å². The number of nitrogens with two attached hydrogens (primary N) is 1. The third-order valence-electron chi connectivity index (χ3n) is 4.31. The summed E-state index contributed by atoms with van der Waals surface area (Å²) in [7, 11) is 1.56. The summed E-state index contributed by atoms with van der Waals surface area (Å²) in [5, 5.41) is 10.8. The van der Waals surface area contributed by atoms with Crippen LogP contribution in [-0.2, 0) is 27.3 Å². The largest absolute Gasteiger partial charge is 0.518 e. The van der Waals surface area contributed by atoms with Crippen molar-refractivity contribution in [1.82, 2.24) is 0 Å². The number of ether oxygens (including phenoxy) is 4. The number of carboxylic acids is 1. The van der Waals surface area contributed by atoms with Crippen LogP contribution in [0.4, 0.5) is 10.5 Å².